The number of rotatable bonds is 1. The van der Waals surface area contributed by atoms with Gasteiger partial charge in [0.15, 0.2) is 11.6 Å². The van der Waals surface area contributed by atoms with Crippen molar-refractivity contribution in [2.24, 2.45) is 10.9 Å². The fourth-order valence-corrected chi connectivity index (χ4v) is 5.86. The molecule has 1 spiro atoms. The third kappa shape index (κ3) is 2.69. The Kier molecular flexibility index (Phi) is 4.13. The second-order valence-electron chi connectivity index (χ2n) is 9.00. The van der Waals surface area contributed by atoms with Gasteiger partial charge >= 0.3 is 0 Å². The second kappa shape index (κ2) is 6.77. The van der Waals surface area contributed by atoms with Crippen LogP contribution in [-0.2, 0) is 11.2 Å². The highest BCUT2D eigenvalue weighted by atomic mass is 19.2. The number of hydrogen-bond donors (Lipinski definition) is 0. The van der Waals surface area contributed by atoms with Crippen LogP contribution >= 0.6 is 0 Å². The van der Waals surface area contributed by atoms with Crippen molar-refractivity contribution < 1.29 is 13.5 Å². The number of piperidine rings is 3. The zero-order valence-electron chi connectivity index (χ0n) is 16.9. The van der Waals surface area contributed by atoms with Gasteiger partial charge < -0.3 is 9.64 Å². The molecule has 5 aliphatic heterocycles. The van der Waals surface area contributed by atoms with Crippen LogP contribution < -0.4 is 0 Å². The van der Waals surface area contributed by atoms with Crippen LogP contribution in [0.4, 0.5) is 8.78 Å². The van der Waals surface area contributed by atoms with Crippen molar-refractivity contribution in [1.82, 2.24) is 9.80 Å². The van der Waals surface area contributed by atoms with Gasteiger partial charge in [-0.1, -0.05) is 36.4 Å². The first-order chi connectivity index (χ1) is 14.6. The molecule has 30 heavy (non-hydrogen) atoms. The highest BCUT2D eigenvalue weighted by Crippen LogP contribution is 2.44. The Balaban J connectivity index is 1.39. The second-order valence-corrected chi connectivity index (χ2v) is 9.00. The number of ether oxygens (including phenoxy) is 1. The third-order valence-corrected chi connectivity index (χ3v) is 7.40. The summed E-state index contributed by atoms with van der Waals surface area (Å²) >= 11 is 0. The standard InChI is InChI=1S/C24H25F2N3O/c25-20-7-3-6-19(21(20)26)22-18-5-2-1-4-16(18)8-13-29(22)23-27-14-24(30-23)15-28-11-9-17(24)10-12-28/h1-7,17,22H,8-15H2/t22-,24-/m1/s1. The maximum atomic E-state index is 14.9. The minimum atomic E-state index is -0.821. The van der Waals surface area contributed by atoms with E-state index in [4.69, 9.17) is 9.73 Å². The Morgan fingerprint density at radius 2 is 1.77 bits per heavy atom. The summed E-state index contributed by atoms with van der Waals surface area (Å²) in [5.74, 6) is -1.09. The highest BCUT2D eigenvalue weighted by Gasteiger charge is 2.53. The molecule has 3 saturated heterocycles. The van der Waals surface area contributed by atoms with E-state index in [2.05, 4.69) is 11.0 Å². The Morgan fingerprint density at radius 1 is 0.967 bits per heavy atom. The number of halogens is 2. The molecular weight excluding hydrogens is 384 g/mol. The molecular formula is C24H25F2N3O. The minimum Gasteiger partial charge on any atom is -0.455 e. The summed E-state index contributed by atoms with van der Waals surface area (Å²) < 4.78 is 35.7. The van der Waals surface area contributed by atoms with E-state index < -0.39 is 17.7 Å². The molecule has 0 N–H and O–H groups in total. The van der Waals surface area contributed by atoms with Crippen LogP contribution in [0.2, 0.25) is 0 Å². The molecule has 2 bridgehead atoms. The molecule has 0 amide bonds. The van der Waals surface area contributed by atoms with E-state index in [-0.39, 0.29) is 5.60 Å². The predicted octanol–water partition coefficient (Wildman–Crippen LogP) is 3.76. The third-order valence-electron chi connectivity index (χ3n) is 7.40. The molecule has 7 rings (SSSR count). The SMILES string of the molecule is Fc1cccc([C@H]2c3ccccc3CCN2C2=NC[C@]3(CN4CCC3CC4)O2)c1F. The maximum absolute atomic E-state index is 14.9. The van der Waals surface area contributed by atoms with Gasteiger partial charge in [0.05, 0.1) is 12.6 Å². The van der Waals surface area contributed by atoms with E-state index in [0.717, 1.165) is 44.5 Å². The summed E-state index contributed by atoms with van der Waals surface area (Å²) in [5, 5.41) is 0. The average molecular weight is 409 g/mol. The minimum absolute atomic E-state index is 0.256. The first-order valence-corrected chi connectivity index (χ1v) is 10.9. The smallest absolute Gasteiger partial charge is 0.288 e. The molecule has 4 nitrogen and oxygen atoms in total. The van der Waals surface area contributed by atoms with E-state index in [1.807, 2.05) is 23.1 Å². The largest absolute Gasteiger partial charge is 0.455 e. The van der Waals surface area contributed by atoms with Crippen molar-refractivity contribution in [3.05, 3.63) is 70.8 Å². The zero-order chi connectivity index (χ0) is 20.3. The van der Waals surface area contributed by atoms with E-state index >= 15 is 0 Å². The first kappa shape index (κ1) is 18.3. The van der Waals surface area contributed by atoms with Crippen LogP contribution in [0.5, 0.6) is 0 Å². The molecule has 5 heterocycles. The van der Waals surface area contributed by atoms with E-state index in [1.54, 1.807) is 12.1 Å². The molecule has 2 aromatic rings. The molecule has 0 unspecified atom stereocenters. The topological polar surface area (TPSA) is 28.1 Å². The summed E-state index contributed by atoms with van der Waals surface area (Å²) in [7, 11) is 0. The van der Waals surface area contributed by atoms with Crippen LogP contribution in [0.25, 0.3) is 0 Å². The number of benzene rings is 2. The lowest BCUT2D eigenvalue weighted by molar-refractivity contribution is -0.0896. The molecule has 5 aliphatic rings. The molecule has 0 aliphatic carbocycles. The predicted molar refractivity (Wildman–Crippen MR) is 110 cm³/mol. The van der Waals surface area contributed by atoms with Gasteiger partial charge in [0.1, 0.15) is 5.60 Å². The summed E-state index contributed by atoms with van der Waals surface area (Å²) in [6.07, 6.45) is 3.12. The van der Waals surface area contributed by atoms with Gasteiger partial charge in [-0.25, -0.2) is 13.8 Å². The van der Waals surface area contributed by atoms with Gasteiger partial charge in [0.2, 0.25) is 0 Å². The van der Waals surface area contributed by atoms with Crippen molar-refractivity contribution in [3.63, 3.8) is 0 Å². The molecule has 2 atom stereocenters. The van der Waals surface area contributed by atoms with Crippen molar-refractivity contribution >= 4 is 6.02 Å². The van der Waals surface area contributed by atoms with Gasteiger partial charge in [-0.15, -0.1) is 0 Å². The number of aliphatic imine (C=N–C) groups is 1. The van der Waals surface area contributed by atoms with Gasteiger partial charge in [-0.3, -0.25) is 4.90 Å². The van der Waals surface area contributed by atoms with Crippen LogP contribution in [0.15, 0.2) is 47.5 Å². The Morgan fingerprint density at radius 3 is 2.57 bits per heavy atom. The van der Waals surface area contributed by atoms with E-state index in [9.17, 15) is 8.78 Å². The first-order valence-electron chi connectivity index (χ1n) is 10.9. The molecule has 3 fully saturated rings. The number of amidine groups is 1. The van der Waals surface area contributed by atoms with E-state index in [0.29, 0.717) is 30.6 Å². The fraction of sp³-hybridized carbons (Fsp3) is 0.458. The van der Waals surface area contributed by atoms with Gasteiger partial charge in [0, 0.05) is 24.6 Å². The molecule has 0 aromatic heterocycles. The summed E-state index contributed by atoms with van der Waals surface area (Å²) in [6, 6.07) is 12.6. The Bertz CT molecular complexity index is 1020. The normalized spacial score (nSPS) is 32.1. The number of fused-ring (bicyclic) bond motifs is 3. The average Bonchev–Trinajstić information content (AvgIpc) is 3.19. The quantitative estimate of drug-likeness (QED) is 0.718. The molecule has 156 valence electrons. The monoisotopic (exact) mass is 409 g/mol. The van der Waals surface area contributed by atoms with Crippen molar-refractivity contribution in [2.45, 2.75) is 30.9 Å². The summed E-state index contributed by atoms with van der Waals surface area (Å²) in [5.41, 5.74) is 2.24. The molecule has 2 aromatic carbocycles. The van der Waals surface area contributed by atoms with Gasteiger partial charge in [0.25, 0.3) is 6.02 Å². The summed E-state index contributed by atoms with van der Waals surface area (Å²) in [6.45, 7) is 4.51. The molecule has 0 saturated carbocycles. The molecule has 0 radical (unpaired) electrons. The lowest BCUT2D eigenvalue weighted by Gasteiger charge is -2.50. The van der Waals surface area contributed by atoms with Gasteiger partial charge in [-0.2, -0.15) is 0 Å². The molecule has 6 heteroatoms. The lowest BCUT2D eigenvalue weighted by atomic mass is 9.75. The van der Waals surface area contributed by atoms with Crippen molar-refractivity contribution in [3.8, 4) is 0 Å². The lowest BCUT2D eigenvalue weighted by Crippen LogP contribution is -2.61. The van der Waals surface area contributed by atoms with Crippen molar-refractivity contribution in [2.75, 3.05) is 32.7 Å². The highest BCUT2D eigenvalue weighted by molar-refractivity contribution is 5.78. The maximum Gasteiger partial charge on any atom is 0.288 e. The summed E-state index contributed by atoms with van der Waals surface area (Å²) in [4.78, 5) is 9.35. The van der Waals surface area contributed by atoms with Crippen molar-refractivity contribution in [1.29, 1.82) is 0 Å². The number of hydrogen-bond acceptors (Lipinski definition) is 4. The van der Waals surface area contributed by atoms with Crippen LogP contribution in [0.3, 0.4) is 0 Å². The zero-order valence-corrected chi connectivity index (χ0v) is 16.9. The Labute approximate surface area is 175 Å². The Hall–Kier alpha value is -2.47. The van der Waals surface area contributed by atoms with Gasteiger partial charge in [-0.05, 0) is 49.5 Å². The van der Waals surface area contributed by atoms with E-state index in [1.165, 1.54) is 11.6 Å². The van der Waals surface area contributed by atoms with Crippen LogP contribution in [-0.4, -0.2) is 54.1 Å². The van der Waals surface area contributed by atoms with Crippen LogP contribution in [0.1, 0.15) is 35.6 Å². The fourth-order valence-electron chi connectivity index (χ4n) is 5.86. The number of nitrogens with zero attached hydrogens (tertiary/aromatic N) is 3. The van der Waals surface area contributed by atoms with Crippen LogP contribution in [0, 0.1) is 17.6 Å².